The zero-order valence-electron chi connectivity index (χ0n) is 43.0. The number of carbonyl (C=O) groups excluding carboxylic acids is 5. The fraction of sp³-hybridized carbons (Fsp3) is 0.896. The highest BCUT2D eigenvalue weighted by molar-refractivity contribution is 5.90. The average molecular weight is 1070 g/mol. The van der Waals surface area contributed by atoms with Gasteiger partial charge in [-0.15, -0.1) is 0 Å². The minimum absolute atomic E-state index is 0.0213. The number of aliphatic hydroxyl groups excluding tert-OH is 9. The number of hydrogen-bond donors (Lipinski definition) is 11. The maximum absolute atomic E-state index is 13.8. The van der Waals surface area contributed by atoms with Gasteiger partial charge in [-0.1, -0.05) is 33.6 Å². The van der Waals surface area contributed by atoms with Gasteiger partial charge in [0.25, 0.3) is 0 Å². The fourth-order valence-electron chi connectivity index (χ4n) is 8.43. The van der Waals surface area contributed by atoms with Crippen LogP contribution in [-0.2, 0) is 71.3 Å². The Morgan fingerprint density at radius 1 is 0.541 bits per heavy atom. The topological polar surface area (TPSA) is 384 Å². The normalized spacial score (nSPS) is 31.1. The smallest absolute Gasteiger partial charge is 0.328 e. The Morgan fingerprint density at radius 2 is 0.986 bits per heavy atom. The monoisotopic (exact) mass is 1070 g/mol. The number of aliphatic hydroxyl groups is 9. The molecule has 17 unspecified atom stereocenters. The van der Waals surface area contributed by atoms with E-state index in [1.165, 1.54) is 0 Å². The van der Waals surface area contributed by atoms with Crippen molar-refractivity contribution < 1.29 is 117 Å². The number of amides is 2. The molecule has 17 atom stereocenters. The number of hydrogen-bond acceptors (Lipinski definition) is 24. The molecule has 0 aromatic carbocycles. The van der Waals surface area contributed by atoms with Crippen molar-refractivity contribution in [2.45, 2.75) is 159 Å². The van der Waals surface area contributed by atoms with Crippen LogP contribution in [0.1, 0.15) is 79.1 Å². The van der Waals surface area contributed by atoms with E-state index in [4.69, 9.17) is 47.4 Å². The first-order valence-electron chi connectivity index (χ1n) is 25.6. The van der Waals surface area contributed by atoms with Crippen molar-refractivity contribution in [3.05, 3.63) is 0 Å². The van der Waals surface area contributed by atoms with Crippen LogP contribution in [0, 0.1) is 23.7 Å². The summed E-state index contributed by atoms with van der Waals surface area (Å²) in [5, 5.41) is 94.5. The predicted molar refractivity (Wildman–Crippen MR) is 253 cm³/mol. The lowest BCUT2D eigenvalue weighted by atomic mass is 9.92. The molecule has 26 nitrogen and oxygen atoms in total. The summed E-state index contributed by atoms with van der Waals surface area (Å²) in [6.07, 6.45) is -11.4. The van der Waals surface area contributed by atoms with E-state index in [0.29, 0.717) is 19.3 Å². The van der Waals surface area contributed by atoms with Gasteiger partial charge < -0.3 is 104 Å². The van der Waals surface area contributed by atoms with Gasteiger partial charge >= 0.3 is 5.97 Å². The summed E-state index contributed by atoms with van der Waals surface area (Å²) in [6, 6.07) is -1.07. The number of carbonyl (C=O) groups is 5. The number of nitrogens with one attached hydrogen (secondary N) is 2. The van der Waals surface area contributed by atoms with Gasteiger partial charge in [0.15, 0.2) is 30.4 Å². The number of unbranched alkanes of at least 4 members (excludes halogenated alkanes) is 2. The molecule has 0 spiro atoms. The summed E-state index contributed by atoms with van der Waals surface area (Å²) in [5.41, 5.74) is 0. The fourth-order valence-corrected chi connectivity index (χ4v) is 8.43. The summed E-state index contributed by atoms with van der Waals surface area (Å²) >= 11 is 0. The quantitative estimate of drug-likeness (QED) is 0.0211. The van der Waals surface area contributed by atoms with E-state index in [1.54, 1.807) is 27.7 Å². The maximum Gasteiger partial charge on any atom is 0.328 e. The lowest BCUT2D eigenvalue weighted by Crippen LogP contribution is -2.55. The van der Waals surface area contributed by atoms with Gasteiger partial charge in [-0.2, -0.15) is 0 Å². The molecule has 0 saturated carbocycles. The van der Waals surface area contributed by atoms with E-state index in [0.717, 1.165) is 0 Å². The van der Waals surface area contributed by atoms with E-state index in [1.807, 2.05) is 0 Å². The Bertz CT molecular complexity index is 1630. The number of rotatable bonds is 37. The van der Waals surface area contributed by atoms with Gasteiger partial charge in [0.05, 0.1) is 84.4 Å². The van der Waals surface area contributed by atoms with Crippen LogP contribution in [-0.4, -0.2) is 248 Å². The van der Waals surface area contributed by atoms with Crippen molar-refractivity contribution in [2.24, 2.45) is 23.7 Å². The summed E-state index contributed by atoms with van der Waals surface area (Å²) in [7, 11) is 0. The summed E-state index contributed by atoms with van der Waals surface area (Å²) in [6.45, 7) is 4.00. The Balaban J connectivity index is 1.46. The SMILES string of the molecule is CCOC(=O)C(CCCCCC(=O)COCCOC1OC(CO)C(O)C(O)C1C)NC(=O)C(CCCNC(=O)COCCOC1OC(CO)C(O)C(O)C1C)CC(=O)COCCOC1OC(CO)C(O)C(O)C1C. The van der Waals surface area contributed by atoms with Crippen LogP contribution in [0.25, 0.3) is 0 Å². The van der Waals surface area contributed by atoms with Gasteiger partial charge in [-0.3, -0.25) is 19.2 Å². The molecule has 11 N–H and O–H groups in total. The third-order valence-electron chi connectivity index (χ3n) is 13.1. The molecule has 3 aliphatic rings. The molecular formula is C48H84N2O24. The molecule has 26 heteroatoms. The molecule has 0 radical (unpaired) electrons. The summed E-state index contributed by atoms with van der Waals surface area (Å²) in [5.74, 6) is -5.16. The van der Waals surface area contributed by atoms with Crippen molar-refractivity contribution in [1.29, 1.82) is 0 Å². The van der Waals surface area contributed by atoms with E-state index in [9.17, 15) is 69.9 Å². The minimum atomic E-state index is -1.30. The Kier molecular flexibility index (Phi) is 31.3. The minimum Gasteiger partial charge on any atom is -0.464 e. The molecule has 3 heterocycles. The first-order chi connectivity index (χ1) is 35.4. The zero-order valence-corrected chi connectivity index (χ0v) is 43.0. The number of ether oxygens (including phenoxy) is 10. The second-order valence-corrected chi connectivity index (χ2v) is 18.9. The molecule has 0 aromatic rings. The highest BCUT2D eigenvalue weighted by Crippen LogP contribution is 2.29. The van der Waals surface area contributed by atoms with Crippen LogP contribution in [0.5, 0.6) is 0 Å². The van der Waals surface area contributed by atoms with Crippen molar-refractivity contribution in [1.82, 2.24) is 10.6 Å². The Morgan fingerprint density at radius 3 is 1.43 bits per heavy atom. The zero-order chi connectivity index (χ0) is 54.7. The Hall–Kier alpha value is -2.97. The summed E-state index contributed by atoms with van der Waals surface area (Å²) in [4.78, 5) is 65.2. The second kappa shape index (κ2) is 35.4. The first-order valence-corrected chi connectivity index (χ1v) is 25.6. The van der Waals surface area contributed by atoms with Crippen LogP contribution in [0.15, 0.2) is 0 Å². The van der Waals surface area contributed by atoms with Crippen molar-refractivity contribution in [3.8, 4) is 0 Å². The molecule has 3 fully saturated rings. The lowest BCUT2D eigenvalue weighted by Gasteiger charge is -2.40. The molecule has 74 heavy (non-hydrogen) atoms. The van der Waals surface area contributed by atoms with Crippen LogP contribution in [0.4, 0.5) is 0 Å². The third-order valence-corrected chi connectivity index (χ3v) is 13.1. The molecule has 2 amide bonds. The molecule has 3 aliphatic heterocycles. The molecule has 0 aliphatic carbocycles. The van der Waals surface area contributed by atoms with Crippen molar-refractivity contribution in [2.75, 3.05) is 92.4 Å². The molecule has 3 rings (SSSR count). The molecule has 0 bridgehead atoms. The average Bonchev–Trinajstić information content (AvgIpc) is 3.38. The van der Waals surface area contributed by atoms with Crippen LogP contribution in [0.3, 0.4) is 0 Å². The predicted octanol–water partition coefficient (Wildman–Crippen LogP) is -3.65. The first kappa shape index (κ1) is 65.3. The van der Waals surface area contributed by atoms with Gasteiger partial charge in [-0.25, -0.2) is 4.79 Å². The molecule has 3 saturated heterocycles. The molecule has 430 valence electrons. The lowest BCUT2D eigenvalue weighted by molar-refractivity contribution is -0.284. The largest absolute Gasteiger partial charge is 0.464 e. The van der Waals surface area contributed by atoms with Gasteiger partial charge in [0.2, 0.25) is 11.8 Å². The van der Waals surface area contributed by atoms with Gasteiger partial charge in [0, 0.05) is 43.1 Å². The van der Waals surface area contributed by atoms with Crippen LogP contribution < -0.4 is 10.6 Å². The highest BCUT2D eigenvalue weighted by Gasteiger charge is 2.44. The number of esters is 1. The number of ketones is 2. The van der Waals surface area contributed by atoms with E-state index >= 15 is 0 Å². The van der Waals surface area contributed by atoms with Crippen molar-refractivity contribution in [3.63, 3.8) is 0 Å². The van der Waals surface area contributed by atoms with Crippen LogP contribution >= 0.6 is 0 Å². The van der Waals surface area contributed by atoms with Gasteiger partial charge in [0.1, 0.15) is 62.5 Å². The van der Waals surface area contributed by atoms with E-state index in [2.05, 4.69) is 10.6 Å². The maximum atomic E-state index is 13.8. The molecular weight excluding hydrogens is 989 g/mol. The third kappa shape index (κ3) is 21.8. The van der Waals surface area contributed by atoms with Crippen molar-refractivity contribution >= 4 is 29.4 Å². The second-order valence-electron chi connectivity index (χ2n) is 18.9. The van der Waals surface area contributed by atoms with E-state index < -0.39 is 154 Å². The molecule has 0 aromatic heterocycles. The van der Waals surface area contributed by atoms with Crippen LogP contribution in [0.2, 0.25) is 0 Å². The van der Waals surface area contributed by atoms with Gasteiger partial charge in [-0.05, 0) is 32.6 Å². The Labute approximate surface area is 431 Å². The van der Waals surface area contributed by atoms with E-state index in [-0.39, 0.29) is 104 Å². The standard InChI is InChI=1S/C48H84N2O24/c1-5-68-45(64)33(12-8-6-7-11-31(54)24-65-14-17-69-46-27(2)38(57)41(60)34(21-51)72-46)50-44(63)30(20-32(55)25-66-15-18-70-47-28(3)39(58)42(61)35(22-52)73-47)10-9-13-49-37(56)26-67-16-19-71-48-29(4)40(59)43(62)36(23-53)74-48/h27-30,33-36,38-43,46-48,51-53,57-62H,5-26H2,1-4H3,(H,49,56)(H,50,63). The summed E-state index contributed by atoms with van der Waals surface area (Å²) < 4.78 is 54.9. The number of Topliss-reactive ketones (excluding diaryl/α,β-unsaturated/α-hetero) is 2. The highest BCUT2D eigenvalue weighted by atomic mass is 16.7.